The van der Waals surface area contributed by atoms with Gasteiger partial charge in [-0.1, -0.05) is 0 Å². The molecule has 4 N–H and O–H groups in total. The molecule has 0 aliphatic rings. The SMILES string of the molecule is NCC(O)CNc1nc(Br)cs1. The summed E-state index contributed by atoms with van der Waals surface area (Å²) >= 11 is 4.71. The quantitative estimate of drug-likeness (QED) is 0.735. The Labute approximate surface area is 82.9 Å². The lowest BCUT2D eigenvalue weighted by atomic mass is 10.4. The highest BCUT2D eigenvalue weighted by atomic mass is 79.9. The number of nitrogens with two attached hydrogens (primary N) is 1. The van der Waals surface area contributed by atoms with E-state index in [0.717, 1.165) is 9.73 Å². The molecule has 1 atom stereocenters. The molecule has 0 saturated carbocycles. The molecule has 1 rings (SSSR count). The number of aliphatic hydroxyl groups excluding tert-OH is 1. The first-order chi connectivity index (χ1) is 5.72. The number of anilines is 1. The number of hydrogen-bond acceptors (Lipinski definition) is 5. The maximum Gasteiger partial charge on any atom is 0.183 e. The summed E-state index contributed by atoms with van der Waals surface area (Å²) in [6.07, 6.45) is -0.507. The second-order valence-electron chi connectivity index (χ2n) is 2.25. The van der Waals surface area contributed by atoms with Crippen LogP contribution in [0.15, 0.2) is 9.98 Å². The Kier molecular flexibility index (Phi) is 3.93. The van der Waals surface area contributed by atoms with E-state index in [-0.39, 0.29) is 6.54 Å². The monoisotopic (exact) mass is 251 g/mol. The first kappa shape index (κ1) is 9.91. The molecular formula is C6H10BrN3OS. The molecule has 0 fully saturated rings. The molecule has 6 heteroatoms. The first-order valence-corrected chi connectivity index (χ1v) is 5.12. The Hall–Kier alpha value is -0.170. The summed E-state index contributed by atoms with van der Waals surface area (Å²) < 4.78 is 0.803. The van der Waals surface area contributed by atoms with E-state index in [0.29, 0.717) is 6.54 Å². The van der Waals surface area contributed by atoms with Crippen molar-refractivity contribution in [1.82, 2.24) is 4.98 Å². The van der Waals surface area contributed by atoms with E-state index >= 15 is 0 Å². The zero-order chi connectivity index (χ0) is 8.97. The number of aromatic nitrogens is 1. The van der Waals surface area contributed by atoms with Crippen LogP contribution < -0.4 is 11.1 Å². The van der Waals surface area contributed by atoms with Gasteiger partial charge in [-0.05, 0) is 15.9 Å². The average Bonchev–Trinajstić information content (AvgIpc) is 2.47. The molecule has 1 aromatic rings. The maximum atomic E-state index is 9.10. The molecule has 1 unspecified atom stereocenters. The van der Waals surface area contributed by atoms with Gasteiger partial charge in [0.15, 0.2) is 5.13 Å². The largest absolute Gasteiger partial charge is 0.390 e. The molecule has 4 nitrogen and oxygen atoms in total. The van der Waals surface area contributed by atoms with Crippen LogP contribution in [0.2, 0.25) is 0 Å². The smallest absolute Gasteiger partial charge is 0.183 e. The van der Waals surface area contributed by atoms with Crippen molar-refractivity contribution in [2.75, 3.05) is 18.4 Å². The number of aliphatic hydroxyl groups is 1. The summed E-state index contributed by atoms with van der Waals surface area (Å²) in [7, 11) is 0. The second kappa shape index (κ2) is 4.76. The van der Waals surface area contributed by atoms with Gasteiger partial charge in [0.2, 0.25) is 0 Å². The lowest BCUT2D eigenvalue weighted by Gasteiger charge is -2.06. The highest BCUT2D eigenvalue weighted by molar-refractivity contribution is 9.10. The Balaban J connectivity index is 2.33. The highest BCUT2D eigenvalue weighted by Gasteiger charge is 2.02. The van der Waals surface area contributed by atoms with Gasteiger partial charge in [-0.15, -0.1) is 11.3 Å². The highest BCUT2D eigenvalue weighted by Crippen LogP contribution is 2.18. The third kappa shape index (κ3) is 3.06. The van der Waals surface area contributed by atoms with Crippen LogP contribution in [0.5, 0.6) is 0 Å². The molecule has 0 aliphatic carbocycles. The van der Waals surface area contributed by atoms with Crippen LogP contribution in [0, 0.1) is 0 Å². The van der Waals surface area contributed by atoms with Crippen molar-refractivity contribution in [3.63, 3.8) is 0 Å². The maximum absolute atomic E-state index is 9.10. The summed E-state index contributed by atoms with van der Waals surface area (Å²) in [6, 6.07) is 0. The van der Waals surface area contributed by atoms with E-state index in [9.17, 15) is 0 Å². The molecule has 1 heterocycles. The van der Waals surface area contributed by atoms with Gasteiger partial charge in [-0.3, -0.25) is 0 Å². The Morgan fingerprint density at radius 2 is 2.58 bits per heavy atom. The average molecular weight is 252 g/mol. The van der Waals surface area contributed by atoms with E-state index in [2.05, 4.69) is 26.2 Å². The van der Waals surface area contributed by atoms with Crippen molar-refractivity contribution < 1.29 is 5.11 Å². The molecule has 12 heavy (non-hydrogen) atoms. The van der Waals surface area contributed by atoms with E-state index < -0.39 is 6.10 Å². The topological polar surface area (TPSA) is 71.2 Å². The third-order valence-corrected chi connectivity index (χ3v) is 2.75. The van der Waals surface area contributed by atoms with Gasteiger partial charge in [0, 0.05) is 18.5 Å². The number of hydrogen-bond donors (Lipinski definition) is 3. The minimum Gasteiger partial charge on any atom is -0.390 e. The number of halogens is 1. The molecule has 0 saturated heterocycles. The van der Waals surface area contributed by atoms with Crippen LogP contribution in [0.25, 0.3) is 0 Å². The van der Waals surface area contributed by atoms with Crippen molar-refractivity contribution in [2.45, 2.75) is 6.10 Å². The van der Waals surface area contributed by atoms with Crippen LogP contribution in [0.3, 0.4) is 0 Å². The van der Waals surface area contributed by atoms with Gasteiger partial charge in [0.1, 0.15) is 4.60 Å². The van der Waals surface area contributed by atoms with Crippen molar-refractivity contribution in [1.29, 1.82) is 0 Å². The van der Waals surface area contributed by atoms with Gasteiger partial charge in [0.05, 0.1) is 6.10 Å². The molecule has 0 spiro atoms. The van der Waals surface area contributed by atoms with Gasteiger partial charge < -0.3 is 16.2 Å². The lowest BCUT2D eigenvalue weighted by Crippen LogP contribution is -2.27. The molecule has 0 aliphatic heterocycles. The third-order valence-electron chi connectivity index (χ3n) is 1.24. The number of nitrogens with zero attached hydrogens (tertiary/aromatic N) is 1. The van der Waals surface area contributed by atoms with Crippen molar-refractivity contribution in [3.8, 4) is 0 Å². The molecule has 1 aromatic heterocycles. The van der Waals surface area contributed by atoms with Gasteiger partial charge >= 0.3 is 0 Å². The molecule has 0 bridgehead atoms. The zero-order valence-corrected chi connectivity index (χ0v) is 8.73. The Morgan fingerprint density at radius 3 is 3.08 bits per heavy atom. The molecule has 0 aromatic carbocycles. The lowest BCUT2D eigenvalue weighted by molar-refractivity contribution is 0.196. The van der Waals surface area contributed by atoms with Crippen molar-refractivity contribution in [2.24, 2.45) is 5.73 Å². The Bertz CT molecular complexity index is 242. The van der Waals surface area contributed by atoms with Crippen molar-refractivity contribution >= 4 is 32.4 Å². The normalized spacial score (nSPS) is 12.9. The van der Waals surface area contributed by atoms with Crippen LogP contribution >= 0.6 is 27.3 Å². The second-order valence-corrected chi connectivity index (χ2v) is 3.92. The fourth-order valence-electron chi connectivity index (χ4n) is 0.624. The first-order valence-electron chi connectivity index (χ1n) is 3.45. The summed E-state index contributed by atoms with van der Waals surface area (Å²) in [4.78, 5) is 4.09. The summed E-state index contributed by atoms with van der Waals surface area (Å²) in [5.41, 5.74) is 5.23. The van der Waals surface area contributed by atoms with E-state index in [4.69, 9.17) is 10.8 Å². The Morgan fingerprint density at radius 1 is 1.83 bits per heavy atom. The number of nitrogens with one attached hydrogen (secondary N) is 1. The predicted octanol–water partition coefficient (Wildman–Crippen LogP) is 0.637. The standard InChI is InChI=1S/C6H10BrN3OS/c7-5-3-12-6(10-5)9-2-4(11)1-8/h3-4,11H,1-2,8H2,(H,9,10). The fourth-order valence-corrected chi connectivity index (χ4v) is 1.78. The van der Waals surface area contributed by atoms with Crippen LogP contribution in [0.1, 0.15) is 0 Å². The number of thiazole rings is 1. The minimum absolute atomic E-state index is 0.263. The van der Waals surface area contributed by atoms with E-state index in [1.54, 1.807) is 0 Å². The minimum atomic E-state index is -0.507. The zero-order valence-electron chi connectivity index (χ0n) is 6.33. The summed E-state index contributed by atoms with van der Waals surface area (Å²) in [6.45, 7) is 0.704. The molecule has 0 radical (unpaired) electrons. The summed E-state index contributed by atoms with van der Waals surface area (Å²) in [5.74, 6) is 0. The van der Waals surface area contributed by atoms with Crippen LogP contribution in [-0.2, 0) is 0 Å². The van der Waals surface area contributed by atoms with Gasteiger partial charge in [-0.25, -0.2) is 4.98 Å². The summed E-state index contributed by atoms with van der Waals surface area (Å²) in [5, 5.41) is 14.7. The van der Waals surface area contributed by atoms with E-state index in [1.165, 1.54) is 11.3 Å². The molecule has 68 valence electrons. The predicted molar refractivity (Wildman–Crippen MR) is 53.4 cm³/mol. The number of rotatable bonds is 4. The fraction of sp³-hybridized carbons (Fsp3) is 0.500. The van der Waals surface area contributed by atoms with Crippen molar-refractivity contribution in [3.05, 3.63) is 9.98 Å². The van der Waals surface area contributed by atoms with Crippen LogP contribution in [-0.4, -0.2) is 29.3 Å². The van der Waals surface area contributed by atoms with Gasteiger partial charge in [-0.2, -0.15) is 0 Å². The van der Waals surface area contributed by atoms with Gasteiger partial charge in [0.25, 0.3) is 0 Å². The molecule has 0 amide bonds. The van der Waals surface area contributed by atoms with E-state index in [1.807, 2.05) is 5.38 Å². The van der Waals surface area contributed by atoms with Crippen LogP contribution in [0.4, 0.5) is 5.13 Å². The molecular weight excluding hydrogens is 242 g/mol.